The molecule has 0 spiro atoms. The molecule has 1 fully saturated rings. The molecule has 3 rings (SSSR count). The molecule has 3 heterocycles. The monoisotopic (exact) mass is 345 g/mol. The molecule has 1 aliphatic heterocycles. The van der Waals surface area contributed by atoms with Crippen LogP contribution in [0, 0.1) is 6.92 Å². The second kappa shape index (κ2) is 7.47. The minimum atomic E-state index is -0.101. The number of ether oxygens (including phenoxy) is 1. The van der Waals surface area contributed by atoms with Crippen LogP contribution in [0.5, 0.6) is 0 Å². The van der Waals surface area contributed by atoms with Crippen LogP contribution in [0.4, 0.5) is 5.82 Å². The summed E-state index contributed by atoms with van der Waals surface area (Å²) in [4.78, 5) is 13.6. The molecule has 1 N–H and O–H groups in total. The third-order valence-corrected chi connectivity index (χ3v) is 4.31. The maximum Gasteiger partial charge on any atom is 0.255 e. The number of nitrogens with one attached hydrogen (secondary N) is 1. The standard InChI is InChI=1S/C18H27N5O2/c1-10(2)14-8-16(22-17(21-14)11(3)4)19-9-13-6-7-15(24-13)18-20-12(5)23-25-18/h8,10-11,13,15H,6-7,9H2,1-5H3,(H,19,21,22)/t13-,15+/m1/s1. The molecular formula is C18H27N5O2. The Labute approximate surface area is 148 Å². The Hall–Kier alpha value is -2.02. The van der Waals surface area contributed by atoms with Gasteiger partial charge in [0.1, 0.15) is 17.7 Å². The predicted molar refractivity (Wildman–Crippen MR) is 94.6 cm³/mol. The van der Waals surface area contributed by atoms with E-state index in [0.29, 0.717) is 30.1 Å². The van der Waals surface area contributed by atoms with Crippen molar-refractivity contribution in [3.8, 4) is 0 Å². The average molecular weight is 345 g/mol. The highest BCUT2D eigenvalue weighted by Crippen LogP contribution is 2.31. The predicted octanol–water partition coefficient (Wildman–Crippen LogP) is 3.75. The van der Waals surface area contributed by atoms with Gasteiger partial charge in [-0.05, 0) is 25.7 Å². The maximum absolute atomic E-state index is 6.04. The van der Waals surface area contributed by atoms with Gasteiger partial charge in [0.05, 0.1) is 6.10 Å². The quantitative estimate of drug-likeness (QED) is 0.853. The molecule has 0 aromatic carbocycles. The molecule has 0 saturated carbocycles. The van der Waals surface area contributed by atoms with E-state index >= 15 is 0 Å². The topological polar surface area (TPSA) is 86.0 Å². The molecule has 1 saturated heterocycles. The third-order valence-electron chi connectivity index (χ3n) is 4.31. The molecule has 0 radical (unpaired) electrons. The fraction of sp³-hybridized carbons (Fsp3) is 0.667. The van der Waals surface area contributed by atoms with Gasteiger partial charge in [0.2, 0.25) is 0 Å². The third kappa shape index (κ3) is 4.34. The number of aryl methyl sites for hydroxylation is 1. The van der Waals surface area contributed by atoms with Crippen molar-refractivity contribution in [1.29, 1.82) is 0 Å². The minimum Gasteiger partial charge on any atom is -0.367 e. The van der Waals surface area contributed by atoms with Gasteiger partial charge in [-0.3, -0.25) is 0 Å². The van der Waals surface area contributed by atoms with Crippen molar-refractivity contribution in [3.63, 3.8) is 0 Å². The van der Waals surface area contributed by atoms with E-state index in [1.807, 2.05) is 13.0 Å². The van der Waals surface area contributed by atoms with Crippen LogP contribution in [0.3, 0.4) is 0 Å². The molecule has 25 heavy (non-hydrogen) atoms. The lowest BCUT2D eigenvalue weighted by Crippen LogP contribution is -2.20. The Bertz CT molecular complexity index is 687. The van der Waals surface area contributed by atoms with Crippen molar-refractivity contribution < 1.29 is 9.26 Å². The summed E-state index contributed by atoms with van der Waals surface area (Å²) >= 11 is 0. The van der Waals surface area contributed by atoms with Crippen LogP contribution in [-0.4, -0.2) is 32.8 Å². The summed E-state index contributed by atoms with van der Waals surface area (Å²) < 4.78 is 11.3. The van der Waals surface area contributed by atoms with Crippen LogP contribution in [0.2, 0.25) is 0 Å². The average Bonchev–Trinajstić information content (AvgIpc) is 3.21. The summed E-state index contributed by atoms with van der Waals surface area (Å²) in [5.41, 5.74) is 1.06. The minimum absolute atomic E-state index is 0.101. The van der Waals surface area contributed by atoms with E-state index in [2.05, 4.69) is 53.1 Å². The van der Waals surface area contributed by atoms with Crippen LogP contribution in [0.1, 0.15) is 81.7 Å². The number of aromatic nitrogens is 4. The Morgan fingerprint density at radius 3 is 2.56 bits per heavy atom. The zero-order valence-corrected chi connectivity index (χ0v) is 15.6. The Morgan fingerprint density at radius 1 is 1.12 bits per heavy atom. The summed E-state index contributed by atoms with van der Waals surface area (Å²) in [6, 6.07) is 2.03. The first-order valence-corrected chi connectivity index (χ1v) is 9.00. The first-order valence-electron chi connectivity index (χ1n) is 9.00. The van der Waals surface area contributed by atoms with E-state index in [1.54, 1.807) is 0 Å². The van der Waals surface area contributed by atoms with Gasteiger partial charge in [-0.1, -0.05) is 32.9 Å². The van der Waals surface area contributed by atoms with Crippen LogP contribution in [0.25, 0.3) is 0 Å². The molecule has 7 nitrogen and oxygen atoms in total. The smallest absolute Gasteiger partial charge is 0.255 e. The summed E-state index contributed by atoms with van der Waals surface area (Å²) in [6.07, 6.45) is 1.86. The lowest BCUT2D eigenvalue weighted by molar-refractivity contribution is 0.0326. The fourth-order valence-electron chi connectivity index (χ4n) is 2.83. The first kappa shape index (κ1) is 17.8. The van der Waals surface area contributed by atoms with Crippen LogP contribution in [-0.2, 0) is 4.74 Å². The van der Waals surface area contributed by atoms with Gasteiger partial charge >= 0.3 is 0 Å². The maximum atomic E-state index is 6.04. The van der Waals surface area contributed by atoms with Crippen molar-refractivity contribution in [2.45, 2.75) is 71.5 Å². The van der Waals surface area contributed by atoms with Crippen LogP contribution in [0.15, 0.2) is 10.6 Å². The van der Waals surface area contributed by atoms with E-state index < -0.39 is 0 Å². The molecular weight excluding hydrogens is 318 g/mol. The van der Waals surface area contributed by atoms with Gasteiger partial charge in [-0.25, -0.2) is 9.97 Å². The highest BCUT2D eigenvalue weighted by atomic mass is 16.5. The molecule has 0 bridgehead atoms. The molecule has 2 aromatic heterocycles. The van der Waals surface area contributed by atoms with Gasteiger partial charge in [0.15, 0.2) is 5.82 Å². The fourth-order valence-corrected chi connectivity index (χ4v) is 2.83. The second-order valence-electron chi connectivity index (χ2n) is 7.23. The molecule has 0 unspecified atom stereocenters. The first-order chi connectivity index (χ1) is 11.9. The summed E-state index contributed by atoms with van der Waals surface area (Å²) in [6.45, 7) is 11.0. The normalized spacial score (nSPS) is 20.6. The highest BCUT2D eigenvalue weighted by Gasteiger charge is 2.30. The van der Waals surface area contributed by atoms with E-state index in [9.17, 15) is 0 Å². The summed E-state index contributed by atoms with van der Waals surface area (Å²) in [5.74, 6) is 3.62. The molecule has 0 amide bonds. The Morgan fingerprint density at radius 2 is 1.92 bits per heavy atom. The molecule has 2 atom stereocenters. The van der Waals surface area contributed by atoms with E-state index in [-0.39, 0.29) is 12.2 Å². The molecule has 2 aromatic rings. The SMILES string of the molecule is Cc1noc([C@@H]2CC[C@H](CNc3cc(C(C)C)nc(C(C)C)n3)O2)n1. The second-order valence-corrected chi connectivity index (χ2v) is 7.23. The zero-order valence-electron chi connectivity index (χ0n) is 15.6. The van der Waals surface area contributed by atoms with Crippen molar-refractivity contribution in [3.05, 3.63) is 29.3 Å². The van der Waals surface area contributed by atoms with Gasteiger partial charge in [0, 0.05) is 24.2 Å². The molecule has 1 aliphatic rings. The molecule has 136 valence electrons. The number of rotatable bonds is 6. The van der Waals surface area contributed by atoms with Gasteiger partial charge in [0.25, 0.3) is 5.89 Å². The van der Waals surface area contributed by atoms with Gasteiger partial charge in [-0.15, -0.1) is 0 Å². The van der Waals surface area contributed by atoms with E-state index in [0.717, 1.165) is 30.2 Å². The highest BCUT2D eigenvalue weighted by molar-refractivity contribution is 5.37. The summed E-state index contributed by atoms with van der Waals surface area (Å²) in [7, 11) is 0. The van der Waals surface area contributed by atoms with E-state index in [4.69, 9.17) is 9.26 Å². The Kier molecular flexibility index (Phi) is 5.32. The lowest BCUT2D eigenvalue weighted by Gasteiger charge is -2.16. The zero-order chi connectivity index (χ0) is 18.0. The number of nitrogens with zero attached hydrogens (tertiary/aromatic N) is 4. The van der Waals surface area contributed by atoms with Crippen molar-refractivity contribution in [1.82, 2.24) is 20.1 Å². The van der Waals surface area contributed by atoms with Gasteiger partial charge < -0.3 is 14.6 Å². The molecule has 0 aliphatic carbocycles. The largest absolute Gasteiger partial charge is 0.367 e. The van der Waals surface area contributed by atoms with Gasteiger partial charge in [-0.2, -0.15) is 4.98 Å². The van der Waals surface area contributed by atoms with Crippen molar-refractivity contribution in [2.24, 2.45) is 0 Å². The lowest BCUT2D eigenvalue weighted by atomic mass is 10.1. The van der Waals surface area contributed by atoms with E-state index in [1.165, 1.54) is 0 Å². The van der Waals surface area contributed by atoms with Crippen molar-refractivity contribution in [2.75, 3.05) is 11.9 Å². The van der Waals surface area contributed by atoms with Crippen molar-refractivity contribution >= 4 is 5.82 Å². The van der Waals surface area contributed by atoms with Crippen LogP contribution >= 0.6 is 0 Å². The summed E-state index contributed by atoms with van der Waals surface area (Å²) in [5, 5.41) is 7.25. The number of hydrogen-bond acceptors (Lipinski definition) is 7. The van der Waals surface area contributed by atoms with Crippen LogP contribution < -0.4 is 5.32 Å². The number of hydrogen-bond donors (Lipinski definition) is 1. The Balaban J connectivity index is 1.62. The molecule has 7 heteroatoms. The number of anilines is 1.